The van der Waals surface area contributed by atoms with Crippen molar-refractivity contribution < 1.29 is 13.9 Å². The molecule has 1 aromatic carbocycles. The van der Waals surface area contributed by atoms with Crippen LogP contribution in [0.3, 0.4) is 0 Å². The first kappa shape index (κ1) is 16.0. The van der Waals surface area contributed by atoms with Crippen molar-refractivity contribution in [2.24, 2.45) is 0 Å². The van der Waals surface area contributed by atoms with Gasteiger partial charge in [0.1, 0.15) is 16.5 Å². The lowest BCUT2D eigenvalue weighted by molar-refractivity contribution is -0.116. The number of ether oxygens (including phenoxy) is 1. The van der Waals surface area contributed by atoms with Crippen LogP contribution in [-0.4, -0.2) is 18.0 Å². The summed E-state index contributed by atoms with van der Waals surface area (Å²) in [6.45, 7) is 0.365. The van der Waals surface area contributed by atoms with Gasteiger partial charge in [-0.3, -0.25) is 4.79 Å². The average Bonchev–Trinajstić information content (AvgIpc) is 3.30. The quantitative estimate of drug-likeness (QED) is 0.694. The first-order chi connectivity index (χ1) is 11.7. The number of aromatic nitrogens is 1. The molecule has 24 heavy (non-hydrogen) atoms. The Labute approximate surface area is 143 Å². The fraction of sp³-hybridized carbons (Fsp3) is 0.111. The van der Waals surface area contributed by atoms with E-state index in [-0.39, 0.29) is 5.91 Å². The van der Waals surface area contributed by atoms with E-state index in [2.05, 4.69) is 10.3 Å². The van der Waals surface area contributed by atoms with Crippen LogP contribution >= 0.6 is 11.3 Å². The highest BCUT2D eigenvalue weighted by molar-refractivity contribution is 7.13. The number of hydrogen-bond acceptors (Lipinski definition) is 5. The number of hydrogen-bond donors (Lipinski definition) is 1. The number of carbonyl (C=O) groups excluding carboxylic acids is 1. The minimum absolute atomic E-state index is 0.189. The molecule has 0 saturated heterocycles. The van der Waals surface area contributed by atoms with Gasteiger partial charge in [0.25, 0.3) is 0 Å². The van der Waals surface area contributed by atoms with Gasteiger partial charge in [-0.1, -0.05) is 0 Å². The molecule has 0 spiro atoms. The van der Waals surface area contributed by atoms with E-state index >= 15 is 0 Å². The van der Waals surface area contributed by atoms with Crippen LogP contribution < -0.4 is 10.1 Å². The summed E-state index contributed by atoms with van der Waals surface area (Å²) < 4.78 is 10.3. The second-order valence-electron chi connectivity index (χ2n) is 4.94. The Bertz CT molecular complexity index is 820. The number of thiazole rings is 1. The molecule has 0 aliphatic rings. The van der Waals surface area contributed by atoms with Gasteiger partial charge in [-0.25, -0.2) is 4.98 Å². The van der Waals surface area contributed by atoms with Crippen molar-refractivity contribution in [1.82, 2.24) is 10.3 Å². The second kappa shape index (κ2) is 7.61. The number of rotatable bonds is 6. The lowest BCUT2D eigenvalue weighted by Gasteiger charge is -2.00. The van der Waals surface area contributed by atoms with Gasteiger partial charge in [-0.2, -0.15) is 0 Å². The Morgan fingerprint density at radius 2 is 2.17 bits per heavy atom. The van der Waals surface area contributed by atoms with Crippen LogP contribution in [0.15, 0.2) is 58.5 Å². The van der Waals surface area contributed by atoms with Crippen molar-refractivity contribution in [3.63, 3.8) is 0 Å². The fourth-order valence-electron chi connectivity index (χ4n) is 2.04. The predicted octanol–water partition coefficient (Wildman–Crippen LogP) is 3.74. The molecule has 3 rings (SSSR count). The number of amides is 1. The minimum atomic E-state index is -0.189. The zero-order chi connectivity index (χ0) is 16.8. The third-order valence-electron chi connectivity index (χ3n) is 3.28. The first-order valence-electron chi connectivity index (χ1n) is 7.33. The van der Waals surface area contributed by atoms with Gasteiger partial charge in [-0.15, -0.1) is 11.3 Å². The first-order valence-corrected chi connectivity index (χ1v) is 8.21. The molecule has 0 bridgehead atoms. The summed E-state index contributed by atoms with van der Waals surface area (Å²) in [7, 11) is 1.64. The molecule has 2 heterocycles. The molecular weight excluding hydrogens is 324 g/mol. The van der Waals surface area contributed by atoms with E-state index in [1.807, 2.05) is 35.7 Å². The van der Waals surface area contributed by atoms with Crippen molar-refractivity contribution in [2.45, 2.75) is 6.54 Å². The summed E-state index contributed by atoms with van der Waals surface area (Å²) >= 11 is 1.53. The highest BCUT2D eigenvalue weighted by atomic mass is 32.1. The van der Waals surface area contributed by atoms with Gasteiger partial charge in [0.15, 0.2) is 0 Å². The molecule has 5 nitrogen and oxygen atoms in total. The normalized spacial score (nSPS) is 10.9. The smallest absolute Gasteiger partial charge is 0.244 e. The van der Waals surface area contributed by atoms with Gasteiger partial charge in [0.05, 0.1) is 25.6 Å². The summed E-state index contributed by atoms with van der Waals surface area (Å²) in [5.74, 6) is 1.33. The molecule has 0 aliphatic carbocycles. The molecule has 0 saturated carbocycles. The summed E-state index contributed by atoms with van der Waals surface area (Å²) in [4.78, 5) is 16.3. The summed E-state index contributed by atoms with van der Waals surface area (Å²) in [6.07, 6.45) is 4.74. The molecular formula is C18H16N2O3S. The van der Waals surface area contributed by atoms with Crippen molar-refractivity contribution in [1.29, 1.82) is 0 Å². The number of nitrogens with one attached hydrogen (secondary N) is 1. The lowest BCUT2D eigenvalue weighted by atomic mass is 10.2. The highest BCUT2D eigenvalue weighted by Gasteiger charge is 2.04. The zero-order valence-corrected chi connectivity index (χ0v) is 13.9. The van der Waals surface area contributed by atoms with Crippen molar-refractivity contribution in [3.05, 3.63) is 65.6 Å². The van der Waals surface area contributed by atoms with E-state index in [4.69, 9.17) is 9.15 Å². The highest BCUT2D eigenvalue weighted by Crippen LogP contribution is 2.26. The molecule has 0 fully saturated rings. The van der Waals surface area contributed by atoms with E-state index in [9.17, 15) is 4.79 Å². The number of benzene rings is 1. The zero-order valence-electron chi connectivity index (χ0n) is 13.1. The standard InChI is InChI=1S/C18H16N2O3S/c1-22-15-7-4-13(5-8-15)18-20-14(12-24-18)6-9-17(21)19-11-16-3-2-10-23-16/h2-10,12H,11H2,1H3,(H,19,21). The van der Waals surface area contributed by atoms with E-state index in [1.165, 1.54) is 17.4 Å². The largest absolute Gasteiger partial charge is 0.497 e. The van der Waals surface area contributed by atoms with Crippen molar-refractivity contribution >= 4 is 23.3 Å². The maximum absolute atomic E-state index is 11.8. The van der Waals surface area contributed by atoms with Crippen LogP contribution in [0.1, 0.15) is 11.5 Å². The third-order valence-corrected chi connectivity index (χ3v) is 4.19. The van der Waals surface area contributed by atoms with Crippen molar-refractivity contribution in [2.75, 3.05) is 7.11 Å². The summed E-state index contributed by atoms with van der Waals surface area (Å²) in [6, 6.07) is 11.3. The number of nitrogens with zero attached hydrogens (tertiary/aromatic N) is 1. The van der Waals surface area contributed by atoms with Gasteiger partial charge >= 0.3 is 0 Å². The maximum Gasteiger partial charge on any atom is 0.244 e. The molecule has 6 heteroatoms. The van der Waals surface area contributed by atoms with E-state index < -0.39 is 0 Å². The Morgan fingerprint density at radius 1 is 1.33 bits per heavy atom. The monoisotopic (exact) mass is 340 g/mol. The molecule has 2 aromatic heterocycles. The fourth-order valence-corrected chi connectivity index (χ4v) is 2.83. The van der Waals surface area contributed by atoms with E-state index in [1.54, 1.807) is 25.5 Å². The molecule has 122 valence electrons. The predicted molar refractivity (Wildman–Crippen MR) is 93.7 cm³/mol. The number of furan rings is 1. The molecule has 0 radical (unpaired) electrons. The lowest BCUT2D eigenvalue weighted by Crippen LogP contribution is -2.19. The van der Waals surface area contributed by atoms with Crippen LogP contribution in [0.4, 0.5) is 0 Å². The SMILES string of the molecule is COc1ccc(-c2nc(C=CC(=O)NCc3ccco3)cs2)cc1. The van der Waals surface area contributed by atoms with Crippen LogP contribution in [-0.2, 0) is 11.3 Å². The van der Waals surface area contributed by atoms with Crippen LogP contribution in [0.5, 0.6) is 5.75 Å². The molecule has 1 amide bonds. The van der Waals surface area contributed by atoms with Gasteiger partial charge in [0.2, 0.25) is 5.91 Å². The van der Waals surface area contributed by atoms with Crippen LogP contribution in [0.25, 0.3) is 16.6 Å². The maximum atomic E-state index is 11.8. The molecule has 1 N–H and O–H groups in total. The Morgan fingerprint density at radius 3 is 2.88 bits per heavy atom. The van der Waals surface area contributed by atoms with Gasteiger partial charge in [0, 0.05) is 17.0 Å². The van der Waals surface area contributed by atoms with Gasteiger partial charge < -0.3 is 14.5 Å². The Balaban J connectivity index is 1.59. The van der Waals surface area contributed by atoms with Crippen molar-refractivity contribution in [3.8, 4) is 16.3 Å². The van der Waals surface area contributed by atoms with Gasteiger partial charge in [-0.05, 0) is 42.5 Å². The van der Waals surface area contributed by atoms with Crippen LogP contribution in [0, 0.1) is 0 Å². The average molecular weight is 340 g/mol. The number of carbonyl (C=O) groups is 1. The Kier molecular flexibility index (Phi) is 5.08. The minimum Gasteiger partial charge on any atom is -0.497 e. The van der Waals surface area contributed by atoms with E-state index in [0.717, 1.165) is 22.0 Å². The summed E-state index contributed by atoms with van der Waals surface area (Å²) in [5, 5.41) is 5.56. The second-order valence-corrected chi connectivity index (χ2v) is 5.79. The molecule has 0 atom stereocenters. The topological polar surface area (TPSA) is 64.4 Å². The number of methoxy groups -OCH3 is 1. The van der Waals surface area contributed by atoms with Crippen LogP contribution in [0.2, 0.25) is 0 Å². The third kappa shape index (κ3) is 4.11. The summed E-state index contributed by atoms with van der Waals surface area (Å²) in [5.41, 5.74) is 1.77. The molecule has 3 aromatic rings. The Hall–Kier alpha value is -2.86. The van der Waals surface area contributed by atoms with E-state index in [0.29, 0.717) is 12.3 Å². The molecule has 0 aliphatic heterocycles. The molecule has 0 unspecified atom stereocenters.